The standard InChI is InChI=1S/C10H9N3O4S/c1-10(2,9(14)15)18-8-7(13(16)17)6(5-11)3-4-12-8/h3-4H,1-2H3,(H,14,15). The van der Waals surface area contributed by atoms with Crippen molar-refractivity contribution in [3.05, 3.63) is 27.9 Å². The molecule has 0 aliphatic rings. The van der Waals surface area contributed by atoms with E-state index in [0.29, 0.717) is 0 Å². The molecule has 0 saturated carbocycles. The molecule has 1 rings (SSSR count). The first-order valence-electron chi connectivity index (χ1n) is 4.75. The number of carbonyl (C=O) groups is 1. The molecule has 0 atom stereocenters. The van der Waals surface area contributed by atoms with Gasteiger partial charge in [0, 0.05) is 6.20 Å². The largest absolute Gasteiger partial charge is 0.480 e. The summed E-state index contributed by atoms with van der Waals surface area (Å²) in [7, 11) is 0. The van der Waals surface area contributed by atoms with Gasteiger partial charge in [-0.25, -0.2) is 4.98 Å². The van der Waals surface area contributed by atoms with Crippen molar-refractivity contribution in [1.29, 1.82) is 5.26 Å². The number of rotatable bonds is 4. The SMILES string of the molecule is CC(C)(Sc1nccc(C#N)c1[N+](=O)[O-])C(=O)O. The van der Waals surface area contributed by atoms with Crippen molar-refractivity contribution in [1.82, 2.24) is 4.98 Å². The van der Waals surface area contributed by atoms with Gasteiger partial charge in [0.05, 0.1) is 4.92 Å². The zero-order valence-electron chi connectivity index (χ0n) is 9.58. The Morgan fingerprint density at radius 2 is 2.28 bits per heavy atom. The Bertz CT molecular complexity index is 551. The van der Waals surface area contributed by atoms with Crippen molar-refractivity contribution in [3.63, 3.8) is 0 Å². The van der Waals surface area contributed by atoms with Gasteiger partial charge in [-0.2, -0.15) is 5.26 Å². The summed E-state index contributed by atoms with van der Waals surface area (Å²) in [5, 5.41) is 28.6. The zero-order valence-corrected chi connectivity index (χ0v) is 10.4. The quantitative estimate of drug-likeness (QED) is 0.502. The second kappa shape index (κ2) is 5.01. The van der Waals surface area contributed by atoms with Gasteiger partial charge in [0.15, 0.2) is 5.03 Å². The summed E-state index contributed by atoms with van der Waals surface area (Å²) in [5.74, 6) is -1.12. The highest BCUT2D eigenvalue weighted by Gasteiger charge is 2.33. The summed E-state index contributed by atoms with van der Waals surface area (Å²) >= 11 is 0.735. The number of thioether (sulfide) groups is 1. The number of hydrogen-bond acceptors (Lipinski definition) is 6. The normalized spacial score (nSPS) is 10.7. The minimum absolute atomic E-state index is 0.0774. The molecule has 1 N–H and O–H groups in total. The Labute approximate surface area is 107 Å². The van der Waals surface area contributed by atoms with Gasteiger partial charge in [-0.3, -0.25) is 14.9 Å². The predicted molar refractivity (Wildman–Crippen MR) is 63.2 cm³/mol. The molecule has 0 bridgehead atoms. The molecule has 1 heterocycles. The molecule has 7 nitrogen and oxygen atoms in total. The van der Waals surface area contributed by atoms with Crippen LogP contribution in [0.15, 0.2) is 17.3 Å². The summed E-state index contributed by atoms with van der Waals surface area (Å²) < 4.78 is -1.27. The molecule has 1 aromatic rings. The second-order valence-corrected chi connectivity index (χ2v) is 5.41. The van der Waals surface area contributed by atoms with E-state index < -0.39 is 21.3 Å². The monoisotopic (exact) mass is 267 g/mol. The molecule has 94 valence electrons. The highest BCUT2D eigenvalue weighted by molar-refractivity contribution is 8.01. The van der Waals surface area contributed by atoms with E-state index in [9.17, 15) is 14.9 Å². The van der Waals surface area contributed by atoms with Crippen LogP contribution in [0.1, 0.15) is 19.4 Å². The Morgan fingerprint density at radius 3 is 2.72 bits per heavy atom. The third kappa shape index (κ3) is 2.75. The fourth-order valence-electron chi connectivity index (χ4n) is 1.06. The molecule has 0 saturated heterocycles. The van der Waals surface area contributed by atoms with Crippen LogP contribution in [0.5, 0.6) is 0 Å². The Kier molecular flexibility index (Phi) is 3.88. The van der Waals surface area contributed by atoms with Crippen LogP contribution in [0.4, 0.5) is 5.69 Å². The third-order valence-corrected chi connectivity index (χ3v) is 3.24. The zero-order chi connectivity index (χ0) is 13.9. The average molecular weight is 267 g/mol. The van der Waals surface area contributed by atoms with Crippen LogP contribution < -0.4 is 0 Å². The van der Waals surface area contributed by atoms with E-state index in [1.54, 1.807) is 6.07 Å². The average Bonchev–Trinajstić information content (AvgIpc) is 2.27. The van der Waals surface area contributed by atoms with Crippen LogP contribution in [-0.4, -0.2) is 25.7 Å². The molecular formula is C10H9N3O4S. The number of aromatic nitrogens is 1. The van der Waals surface area contributed by atoms with Crippen molar-refractivity contribution < 1.29 is 14.8 Å². The van der Waals surface area contributed by atoms with Crippen LogP contribution in [0, 0.1) is 21.4 Å². The summed E-state index contributed by atoms with van der Waals surface area (Å²) in [6.45, 7) is 2.81. The van der Waals surface area contributed by atoms with Crippen molar-refractivity contribution in [2.45, 2.75) is 23.6 Å². The minimum Gasteiger partial charge on any atom is -0.480 e. The summed E-state index contributed by atoms with van der Waals surface area (Å²) in [6, 6.07) is 2.91. The van der Waals surface area contributed by atoms with Gasteiger partial charge in [0.2, 0.25) is 0 Å². The van der Waals surface area contributed by atoms with E-state index in [0.717, 1.165) is 11.8 Å². The molecule has 0 radical (unpaired) electrons. The molecule has 0 aliphatic heterocycles. The lowest BCUT2D eigenvalue weighted by molar-refractivity contribution is -0.388. The Morgan fingerprint density at radius 1 is 1.67 bits per heavy atom. The van der Waals surface area contributed by atoms with Gasteiger partial charge in [-0.05, 0) is 19.9 Å². The smallest absolute Gasteiger partial charge is 0.319 e. The number of hydrogen-bond donors (Lipinski definition) is 1. The maximum atomic E-state index is 11.0. The van der Waals surface area contributed by atoms with E-state index >= 15 is 0 Å². The molecule has 0 aliphatic carbocycles. The van der Waals surface area contributed by atoms with Crippen molar-refractivity contribution >= 4 is 23.4 Å². The lowest BCUT2D eigenvalue weighted by Crippen LogP contribution is -2.27. The highest BCUT2D eigenvalue weighted by atomic mass is 32.2. The van der Waals surface area contributed by atoms with E-state index in [1.807, 2.05) is 0 Å². The number of carboxylic acid groups (broad SMARTS) is 1. The maximum absolute atomic E-state index is 11.0. The topological polar surface area (TPSA) is 117 Å². The number of nitro groups is 1. The van der Waals surface area contributed by atoms with Gasteiger partial charge >= 0.3 is 11.7 Å². The van der Waals surface area contributed by atoms with Crippen LogP contribution in [0.25, 0.3) is 0 Å². The number of aliphatic carboxylic acids is 1. The van der Waals surface area contributed by atoms with E-state index in [1.165, 1.54) is 26.1 Å². The summed E-state index contributed by atoms with van der Waals surface area (Å²) in [5.41, 5.74) is -0.599. The molecule has 0 aromatic carbocycles. The summed E-state index contributed by atoms with van der Waals surface area (Å²) in [4.78, 5) is 24.9. The number of nitriles is 1. The number of pyridine rings is 1. The predicted octanol–water partition coefficient (Wildman–Crippen LogP) is 1.82. The van der Waals surface area contributed by atoms with Crippen molar-refractivity contribution in [2.75, 3.05) is 0 Å². The molecule has 18 heavy (non-hydrogen) atoms. The molecule has 0 amide bonds. The minimum atomic E-state index is -1.27. The number of carboxylic acids is 1. The summed E-state index contributed by atoms with van der Waals surface area (Å²) in [6.07, 6.45) is 1.24. The van der Waals surface area contributed by atoms with Crippen LogP contribution in [-0.2, 0) is 4.79 Å². The third-order valence-electron chi connectivity index (χ3n) is 2.06. The second-order valence-electron chi connectivity index (χ2n) is 3.80. The van der Waals surface area contributed by atoms with Crippen molar-refractivity contribution in [2.24, 2.45) is 0 Å². The van der Waals surface area contributed by atoms with Crippen LogP contribution in [0.3, 0.4) is 0 Å². The first-order valence-corrected chi connectivity index (χ1v) is 5.57. The molecule has 0 unspecified atom stereocenters. The van der Waals surface area contributed by atoms with Gasteiger partial charge in [-0.15, -0.1) is 0 Å². The fraction of sp³-hybridized carbons (Fsp3) is 0.300. The van der Waals surface area contributed by atoms with Gasteiger partial charge in [-0.1, -0.05) is 11.8 Å². The molecule has 1 aromatic heterocycles. The lowest BCUT2D eigenvalue weighted by atomic mass is 10.2. The van der Waals surface area contributed by atoms with Gasteiger partial charge < -0.3 is 5.11 Å². The van der Waals surface area contributed by atoms with E-state index in [-0.39, 0.29) is 10.6 Å². The Hall–Kier alpha value is -2.14. The number of nitrogens with zero attached hydrogens (tertiary/aromatic N) is 3. The molecular weight excluding hydrogens is 258 g/mol. The Balaban J connectivity index is 3.31. The van der Waals surface area contributed by atoms with Gasteiger partial charge in [0.1, 0.15) is 16.4 Å². The first kappa shape index (κ1) is 13.9. The van der Waals surface area contributed by atoms with Crippen LogP contribution >= 0.6 is 11.8 Å². The van der Waals surface area contributed by atoms with E-state index in [4.69, 9.17) is 10.4 Å². The van der Waals surface area contributed by atoms with Gasteiger partial charge in [0.25, 0.3) is 0 Å². The lowest BCUT2D eigenvalue weighted by Gasteiger charge is -2.17. The van der Waals surface area contributed by atoms with E-state index in [2.05, 4.69) is 4.98 Å². The first-order chi connectivity index (χ1) is 8.29. The van der Waals surface area contributed by atoms with Crippen LogP contribution in [0.2, 0.25) is 0 Å². The molecule has 8 heteroatoms. The molecule has 0 fully saturated rings. The molecule has 0 spiro atoms. The highest BCUT2D eigenvalue weighted by Crippen LogP contribution is 2.37. The van der Waals surface area contributed by atoms with Crippen molar-refractivity contribution in [3.8, 4) is 6.07 Å². The maximum Gasteiger partial charge on any atom is 0.319 e. The fourth-order valence-corrected chi connectivity index (χ4v) is 2.03.